The molecule has 1 aromatic rings. The van der Waals surface area contributed by atoms with E-state index in [1.807, 2.05) is 5.32 Å². The number of carbonyl (C=O) groups is 5. The normalized spacial score (nSPS) is 15.3. The van der Waals surface area contributed by atoms with E-state index in [2.05, 4.69) is 10.6 Å². The maximum atomic E-state index is 12.7. The molecule has 5 atom stereocenters. The van der Waals surface area contributed by atoms with Crippen molar-refractivity contribution in [2.24, 2.45) is 11.5 Å². The third kappa shape index (κ3) is 9.22. The lowest BCUT2D eigenvalue weighted by Crippen LogP contribution is -2.60. The van der Waals surface area contributed by atoms with Gasteiger partial charge < -0.3 is 42.7 Å². The number of nitrogens with one attached hydrogen (secondary N) is 3. The van der Waals surface area contributed by atoms with Crippen molar-refractivity contribution in [3.63, 3.8) is 0 Å². The molecule has 5 unspecified atom stereocenters. The number of benzene rings is 1. The summed E-state index contributed by atoms with van der Waals surface area (Å²) < 4.78 is 0. The lowest BCUT2D eigenvalue weighted by Gasteiger charge is -2.26. The SMILES string of the molecule is CC(O)C(NC(=O)C(CC(N)=O)NC(=O)C(N)Cc1ccccc1)C(=O)NC(CO)C(=O)O. The smallest absolute Gasteiger partial charge is 0.328 e. The highest BCUT2D eigenvalue weighted by Crippen LogP contribution is 2.04. The van der Waals surface area contributed by atoms with Crippen LogP contribution in [0.2, 0.25) is 0 Å². The Morgan fingerprint density at radius 1 is 0.939 bits per heavy atom. The van der Waals surface area contributed by atoms with Crippen LogP contribution in [0.4, 0.5) is 0 Å². The molecule has 0 bridgehead atoms. The van der Waals surface area contributed by atoms with Gasteiger partial charge in [-0.05, 0) is 18.9 Å². The number of aliphatic carboxylic acids is 1. The first-order valence-corrected chi connectivity index (χ1v) is 9.96. The van der Waals surface area contributed by atoms with Gasteiger partial charge in [0.05, 0.1) is 25.2 Å². The van der Waals surface area contributed by atoms with Gasteiger partial charge in [-0.1, -0.05) is 30.3 Å². The number of hydrogen-bond acceptors (Lipinski definition) is 8. The van der Waals surface area contributed by atoms with E-state index >= 15 is 0 Å². The highest BCUT2D eigenvalue weighted by atomic mass is 16.4. The molecule has 0 aliphatic heterocycles. The van der Waals surface area contributed by atoms with Crippen molar-refractivity contribution in [2.45, 2.75) is 50.0 Å². The number of aliphatic hydroxyl groups excluding tert-OH is 2. The molecule has 0 aliphatic carbocycles. The molecular formula is C20H29N5O8. The summed E-state index contributed by atoms with van der Waals surface area (Å²) in [7, 11) is 0. The molecule has 0 fully saturated rings. The first-order chi connectivity index (χ1) is 15.5. The van der Waals surface area contributed by atoms with Gasteiger partial charge in [0.2, 0.25) is 23.6 Å². The minimum atomic E-state index is -1.67. The Balaban J connectivity index is 2.90. The Morgan fingerprint density at radius 3 is 2.00 bits per heavy atom. The molecule has 4 amide bonds. The van der Waals surface area contributed by atoms with Gasteiger partial charge in [-0.15, -0.1) is 0 Å². The monoisotopic (exact) mass is 467 g/mol. The molecule has 13 heteroatoms. The van der Waals surface area contributed by atoms with Crippen molar-refractivity contribution in [1.82, 2.24) is 16.0 Å². The van der Waals surface area contributed by atoms with Crippen molar-refractivity contribution in [2.75, 3.05) is 6.61 Å². The van der Waals surface area contributed by atoms with Gasteiger partial charge >= 0.3 is 5.97 Å². The molecule has 0 saturated carbocycles. The van der Waals surface area contributed by atoms with Gasteiger partial charge in [-0.2, -0.15) is 0 Å². The molecule has 0 aromatic heterocycles. The molecule has 0 radical (unpaired) electrons. The molecule has 0 spiro atoms. The maximum absolute atomic E-state index is 12.7. The van der Waals surface area contributed by atoms with Crippen molar-refractivity contribution in [1.29, 1.82) is 0 Å². The number of carbonyl (C=O) groups excluding carboxylic acids is 4. The maximum Gasteiger partial charge on any atom is 0.328 e. The van der Waals surface area contributed by atoms with Crippen molar-refractivity contribution in [3.05, 3.63) is 35.9 Å². The van der Waals surface area contributed by atoms with Crippen LogP contribution in [-0.2, 0) is 30.4 Å². The quantitative estimate of drug-likeness (QED) is 0.142. The predicted octanol–water partition coefficient (Wildman–Crippen LogP) is -3.66. The number of hydrogen-bond donors (Lipinski definition) is 8. The Labute approximate surface area is 189 Å². The van der Waals surface area contributed by atoms with Crippen molar-refractivity contribution < 1.29 is 39.3 Å². The number of rotatable bonds is 13. The summed E-state index contributed by atoms with van der Waals surface area (Å²) in [4.78, 5) is 59.9. The minimum absolute atomic E-state index is 0.147. The highest BCUT2D eigenvalue weighted by Gasteiger charge is 2.33. The summed E-state index contributed by atoms with van der Waals surface area (Å²) in [6, 6.07) is 2.91. The van der Waals surface area contributed by atoms with E-state index in [-0.39, 0.29) is 6.42 Å². The largest absolute Gasteiger partial charge is 0.480 e. The second kappa shape index (κ2) is 13.1. The van der Waals surface area contributed by atoms with Crippen LogP contribution in [0.25, 0.3) is 0 Å². The molecule has 0 heterocycles. The van der Waals surface area contributed by atoms with E-state index < -0.39 is 72.9 Å². The average Bonchev–Trinajstić information content (AvgIpc) is 2.74. The van der Waals surface area contributed by atoms with E-state index in [0.29, 0.717) is 0 Å². The molecule has 0 aliphatic rings. The molecule has 10 N–H and O–H groups in total. The third-order valence-electron chi connectivity index (χ3n) is 4.53. The fraction of sp³-hybridized carbons (Fsp3) is 0.450. The van der Waals surface area contributed by atoms with Crippen LogP contribution in [-0.4, -0.2) is 81.8 Å². The molecule has 1 aromatic carbocycles. The van der Waals surface area contributed by atoms with Crippen molar-refractivity contribution in [3.8, 4) is 0 Å². The Kier molecular flexibility index (Phi) is 10.9. The second-order valence-electron chi connectivity index (χ2n) is 7.34. The minimum Gasteiger partial charge on any atom is -0.480 e. The number of primary amides is 1. The number of carboxylic acid groups (broad SMARTS) is 1. The Bertz CT molecular complexity index is 848. The van der Waals surface area contributed by atoms with E-state index in [1.165, 1.54) is 0 Å². The van der Waals surface area contributed by atoms with Crippen LogP contribution in [0.5, 0.6) is 0 Å². The summed E-state index contributed by atoms with van der Waals surface area (Å²) in [5.74, 6) is -5.37. The Morgan fingerprint density at radius 2 is 1.52 bits per heavy atom. The molecule has 33 heavy (non-hydrogen) atoms. The van der Waals surface area contributed by atoms with E-state index in [0.717, 1.165) is 12.5 Å². The van der Waals surface area contributed by atoms with Crippen LogP contribution in [0.1, 0.15) is 18.9 Å². The van der Waals surface area contributed by atoms with Gasteiger partial charge in [-0.25, -0.2) is 4.79 Å². The summed E-state index contributed by atoms with van der Waals surface area (Å²) in [5, 5.41) is 34.2. The van der Waals surface area contributed by atoms with E-state index in [9.17, 15) is 29.1 Å². The molecule has 182 valence electrons. The van der Waals surface area contributed by atoms with Crippen LogP contribution < -0.4 is 27.4 Å². The van der Waals surface area contributed by atoms with Gasteiger partial charge in [0.1, 0.15) is 18.1 Å². The standard InChI is InChI=1S/C20H29N5O8/c1-10(27)16(19(31)24-14(9-26)20(32)33)25-18(30)13(8-15(22)28)23-17(29)12(21)7-11-5-3-2-4-6-11/h2-6,10,12-14,16,26-27H,7-9,21H2,1H3,(H2,22,28)(H,23,29)(H,24,31)(H,25,30)(H,32,33). The number of aliphatic hydroxyl groups is 2. The lowest BCUT2D eigenvalue weighted by atomic mass is 10.0. The number of nitrogens with two attached hydrogens (primary N) is 2. The van der Waals surface area contributed by atoms with Crippen LogP contribution in [0, 0.1) is 0 Å². The summed E-state index contributed by atoms with van der Waals surface area (Å²) in [5.41, 5.74) is 11.8. The zero-order chi connectivity index (χ0) is 25.1. The predicted molar refractivity (Wildman–Crippen MR) is 114 cm³/mol. The first-order valence-electron chi connectivity index (χ1n) is 9.96. The van der Waals surface area contributed by atoms with E-state index in [1.54, 1.807) is 30.3 Å². The van der Waals surface area contributed by atoms with Gasteiger partial charge in [0.25, 0.3) is 0 Å². The topological polar surface area (TPSA) is 234 Å². The van der Waals surface area contributed by atoms with Gasteiger partial charge in [-0.3, -0.25) is 19.2 Å². The zero-order valence-electron chi connectivity index (χ0n) is 17.9. The van der Waals surface area contributed by atoms with Gasteiger partial charge in [0, 0.05) is 0 Å². The molecule has 1 rings (SSSR count). The fourth-order valence-electron chi connectivity index (χ4n) is 2.76. The lowest BCUT2D eigenvalue weighted by molar-refractivity contribution is -0.144. The average molecular weight is 467 g/mol. The second-order valence-corrected chi connectivity index (χ2v) is 7.34. The fourth-order valence-corrected chi connectivity index (χ4v) is 2.76. The summed E-state index contributed by atoms with van der Waals surface area (Å²) >= 11 is 0. The van der Waals surface area contributed by atoms with Gasteiger partial charge in [0.15, 0.2) is 0 Å². The Hall–Kier alpha value is -3.55. The van der Waals surface area contributed by atoms with Crippen molar-refractivity contribution >= 4 is 29.6 Å². The van der Waals surface area contributed by atoms with E-state index in [4.69, 9.17) is 21.7 Å². The first kappa shape index (κ1) is 27.5. The molecule has 0 saturated heterocycles. The zero-order valence-corrected chi connectivity index (χ0v) is 17.9. The number of amides is 4. The highest BCUT2D eigenvalue weighted by molar-refractivity contribution is 5.96. The van der Waals surface area contributed by atoms with Crippen LogP contribution >= 0.6 is 0 Å². The molecule has 13 nitrogen and oxygen atoms in total. The van der Waals surface area contributed by atoms with Crippen LogP contribution in [0.3, 0.4) is 0 Å². The summed E-state index contributed by atoms with van der Waals surface area (Å²) in [6.45, 7) is 0.220. The summed E-state index contributed by atoms with van der Waals surface area (Å²) in [6.07, 6.45) is -1.97. The van der Waals surface area contributed by atoms with Crippen LogP contribution in [0.15, 0.2) is 30.3 Å². The third-order valence-corrected chi connectivity index (χ3v) is 4.53. The molecular weight excluding hydrogens is 438 g/mol. The number of carboxylic acids is 1.